The molecule has 0 amide bonds. The van der Waals surface area contributed by atoms with Crippen molar-refractivity contribution in [2.75, 3.05) is 0 Å². The average Bonchev–Trinajstić information content (AvgIpc) is 2.95. The van der Waals surface area contributed by atoms with Gasteiger partial charge in [0.15, 0.2) is 11.5 Å². The molecule has 3 saturated carbocycles. The maximum Gasteiger partial charge on any atom is 0.220 e. The van der Waals surface area contributed by atoms with Crippen molar-refractivity contribution in [3.05, 3.63) is 82.6 Å². The summed E-state index contributed by atoms with van der Waals surface area (Å²) in [6, 6.07) is 11.2. The van der Waals surface area contributed by atoms with Gasteiger partial charge in [-0.2, -0.15) is 0 Å². The van der Waals surface area contributed by atoms with Gasteiger partial charge in [0.25, 0.3) is 0 Å². The second kappa shape index (κ2) is 9.42. The van der Waals surface area contributed by atoms with Crippen LogP contribution in [0.2, 0.25) is 0 Å². The fourth-order valence-corrected chi connectivity index (χ4v) is 11.0. The number of aromatic hydroxyl groups is 2. The molecule has 0 aromatic heterocycles. The Morgan fingerprint density at radius 2 is 1.64 bits per heavy atom. The smallest absolute Gasteiger partial charge is 0.220 e. The molecular formula is C37H47NO3S. The lowest BCUT2D eigenvalue weighted by atomic mass is 9.34. The standard InChI is InChI=1S/C37H47NO3S/c1-22-30-25(19-26(39)31(22)40)35(5)16-18-37(7)29-21-34(4,23(2)38)14-13-33(29,3)15-17-36(37,6)28(35)20-27(30)42-32(41)24-11-9-8-10-12-24/h8-12,19-20,27,29,39-40H,2,13-18,21,38H2,1,3-7H3/t27?,29-,33-,34-,35+,36-,37+/m1/s1. The summed E-state index contributed by atoms with van der Waals surface area (Å²) in [5, 5.41) is 21.5. The van der Waals surface area contributed by atoms with E-state index >= 15 is 0 Å². The summed E-state index contributed by atoms with van der Waals surface area (Å²) in [4.78, 5) is 13.6. The number of carbonyl (C=O) groups excluding carboxylic acids is 1. The molecule has 3 fully saturated rings. The number of thioether (sulfide) groups is 1. The van der Waals surface area contributed by atoms with Gasteiger partial charge in [-0.15, -0.1) is 0 Å². The van der Waals surface area contributed by atoms with Crippen molar-refractivity contribution in [2.24, 2.45) is 33.3 Å². The van der Waals surface area contributed by atoms with E-state index in [0.29, 0.717) is 17.0 Å². The lowest BCUT2D eigenvalue weighted by Gasteiger charge is -2.70. The Bertz CT molecular complexity index is 1510. The van der Waals surface area contributed by atoms with E-state index in [0.717, 1.165) is 55.3 Å². The van der Waals surface area contributed by atoms with Crippen LogP contribution in [-0.2, 0) is 5.41 Å². The van der Waals surface area contributed by atoms with Crippen LogP contribution in [0, 0.1) is 34.5 Å². The first-order chi connectivity index (χ1) is 19.6. The lowest BCUT2D eigenvalue weighted by Crippen LogP contribution is -2.62. The molecule has 0 radical (unpaired) electrons. The molecule has 0 heterocycles. The van der Waals surface area contributed by atoms with Gasteiger partial charge in [-0.1, -0.05) is 94.9 Å². The van der Waals surface area contributed by atoms with Crippen molar-refractivity contribution < 1.29 is 15.0 Å². The van der Waals surface area contributed by atoms with E-state index in [4.69, 9.17) is 5.73 Å². The summed E-state index contributed by atoms with van der Waals surface area (Å²) >= 11 is 1.33. The maximum atomic E-state index is 13.6. The number of phenols is 2. The van der Waals surface area contributed by atoms with Crippen LogP contribution in [0.4, 0.5) is 0 Å². The van der Waals surface area contributed by atoms with Gasteiger partial charge in [-0.25, -0.2) is 0 Å². The molecule has 4 nitrogen and oxygen atoms in total. The molecule has 4 aliphatic rings. The molecule has 4 N–H and O–H groups in total. The molecule has 0 aliphatic heterocycles. The van der Waals surface area contributed by atoms with Crippen molar-refractivity contribution >= 4 is 16.9 Å². The van der Waals surface area contributed by atoms with E-state index in [1.54, 1.807) is 6.07 Å². The summed E-state index contributed by atoms with van der Waals surface area (Å²) < 4.78 is 0. The fourth-order valence-electron chi connectivity index (χ4n) is 9.83. The van der Waals surface area contributed by atoms with E-state index in [2.05, 4.69) is 47.3 Å². The Morgan fingerprint density at radius 1 is 0.976 bits per heavy atom. The molecule has 2 aromatic carbocycles. The highest BCUT2D eigenvalue weighted by atomic mass is 32.2. The van der Waals surface area contributed by atoms with Gasteiger partial charge in [-0.3, -0.25) is 4.79 Å². The highest BCUT2D eigenvalue weighted by Gasteiger charge is 2.67. The first-order valence-corrected chi connectivity index (χ1v) is 16.5. The van der Waals surface area contributed by atoms with Crippen LogP contribution < -0.4 is 5.73 Å². The van der Waals surface area contributed by atoms with Crippen LogP contribution in [0.25, 0.3) is 0 Å². The Hall–Kier alpha value is -2.66. The molecule has 4 aliphatic carbocycles. The topological polar surface area (TPSA) is 83.6 Å². The van der Waals surface area contributed by atoms with Gasteiger partial charge in [0.05, 0.1) is 5.25 Å². The van der Waals surface area contributed by atoms with Crippen molar-refractivity contribution in [2.45, 2.75) is 97.2 Å². The zero-order valence-electron chi connectivity index (χ0n) is 26.1. The van der Waals surface area contributed by atoms with Crippen LogP contribution in [0.15, 0.2) is 60.3 Å². The third kappa shape index (κ3) is 3.91. The van der Waals surface area contributed by atoms with Gasteiger partial charge >= 0.3 is 0 Å². The van der Waals surface area contributed by atoms with Crippen molar-refractivity contribution in [1.82, 2.24) is 0 Å². The number of fused-ring (bicyclic) bond motifs is 7. The normalized spacial score (nSPS) is 38.8. The Kier molecular flexibility index (Phi) is 6.60. The lowest BCUT2D eigenvalue weighted by molar-refractivity contribution is -0.154. The molecule has 7 atom stereocenters. The second-order valence-corrected chi connectivity index (χ2v) is 16.3. The summed E-state index contributed by atoms with van der Waals surface area (Å²) in [5.41, 5.74) is 11.9. The second-order valence-electron chi connectivity index (χ2n) is 15.2. The first kappa shape index (κ1) is 29.4. The van der Waals surface area contributed by atoms with Crippen molar-refractivity contribution in [1.29, 1.82) is 0 Å². The monoisotopic (exact) mass is 585 g/mol. The van der Waals surface area contributed by atoms with E-state index in [9.17, 15) is 15.0 Å². The average molecular weight is 586 g/mol. The number of rotatable bonds is 3. The minimum atomic E-state index is -0.296. The van der Waals surface area contributed by atoms with Gasteiger partial charge in [-0.05, 0) is 96.8 Å². The Labute approximate surface area is 255 Å². The van der Waals surface area contributed by atoms with Crippen LogP contribution in [0.1, 0.15) is 112 Å². The third-order valence-electron chi connectivity index (χ3n) is 13.1. The van der Waals surface area contributed by atoms with Crippen LogP contribution >= 0.6 is 11.8 Å². The molecule has 0 spiro atoms. The van der Waals surface area contributed by atoms with E-state index in [-0.39, 0.29) is 48.9 Å². The highest BCUT2D eigenvalue weighted by molar-refractivity contribution is 8.14. The van der Waals surface area contributed by atoms with Crippen molar-refractivity contribution in [3.63, 3.8) is 0 Å². The van der Waals surface area contributed by atoms with Crippen LogP contribution in [0.5, 0.6) is 11.5 Å². The predicted octanol–water partition coefficient (Wildman–Crippen LogP) is 9.10. The number of nitrogens with two attached hydrogens (primary N) is 1. The summed E-state index contributed by atoms with van der Waals surface area (Å²) in [7, 11) is 0. The minimum absolute atomic E-state index is 0.0171. The molecule has 2 aromatic rings. The summed E-state index contributed by atoms with van der Waals surface area (Å²) in [6.07, 6.45) is 10.0. The molecule has 224 valence electrons. The highest BCUT2D eigenvalue weighted by Crippen LogP contribution is 2.75. The Morgan fingerprint density at radius 3 is 2.31 bits per heavy atom. The molecular weight excluding hydrogens is 538 g/mol. The molecule has 0 bridgehead atoms. The number of carbonyl (C=O) groups is 1. The molecule has 6 rings (SSSR count). The zero-order valence-corrected chi connectivity index (χ0v) is 27.0. The number of hydrogen-bond acceptors (Lipinski definition) is 5. The largest absolute Gasteiger partial charge is 0.504 e. The van der Waals surface area contributed by atoms with E-state index < -0.39 is 0 Å². The Balaban J connectivity index is 1.51. The van der Waals surface area contributed by atoms with Gasteiger partial charge < -0.3 is 15.9 Å². The number of allylic oxidation sites excluding steroid dienone is 2. The quantitative estimate of drug-likeness (QED) is 0.247. The van der Waals surface area contributed by atoms with Crippen LogP contribution in [-0.4, -0.2) is 15.3 Å². The van der Waals surface area contributed by atoms with Gasteiger partial charge in [0.1, 0.15) is 0 Å². The van der Waals surface area contributed by atoms with Gasteiger partial charge in [0, 0.05) is 22.1 Å². The van der Waals surface area contributed by atoms with E-state index in [1.165, 1.54) is 23.8 Å². The summed E-state index contributed by atoms with van der Waals surface area (Å²) in [5.74, 6) is 0.337. The molecule has 0 saturated heterocycles. The fraction of sp³-hybridized carbons (Fsp3) is 0.541. The van der Waals surface area contributed by atoms with E-state index in [1.807, 2.05) is 37.3 Å². The molecule has 1 unspecified atom stereocenters. The molecule has 5 heteroatoms. The molecule has 42 heavy (non-hydrogen) atoms. The first-order valence-electron chi connectivity index (χ1n) is 15.6. The minimum Gasteiger partial charge on any atom is -0.504 e. The SMILES string of the molecule is C=C(N)[C@]1(C)CC[C@]2(C)CC[C@]3(C)C4=CC(SC(=O)c5ccccc5)c5c(cc(O)c(O)c5C)[C@]4(C)CC[C@@]3(C)[C@@H]2C1. The number of benzene rings is 2. The van der Waals surface area contributed by atoms with Crippen molar-refractivity contribution in [3.8, 4) is 11.5 Å². The number of hydrogen-bond donors (Lipinski definition) is 3. The predicted molar refractivity (Wildman–Crippen MR) is 173 cm³/mol. The third-order valence-corrected chi connectivity index (χ3v) is 14.2. The summed E-state index contributed by atoms with van der Waals surface area (Å²) in [6.45, 7) is 18.3. The zero-order chi connectivity index (χ0) is 30.5. The van der Waals surface area contributed by atoms with Crippen LogP contribution in [0.3, 0.4) is 0 Å². The maximum absolute atomic E-state index is 13.6. The number of phenolic OH excluding ortho intramolecular Hbond substituents is 2. The van der Waals surface area contributed by atoms with Gasteiger partial charge in [0.2, 0.25) is 5.12 Å².